The number of hydrogen-bond donors (Lipinski definition) is 3. The third-order valence-electron chi connectivity index (χ3n) is 8.37. The molecular formula is C38H52N4O8. The topological polar surface area (TPSA) is 147 Å². The molecule has 2 saturated heterocycles. The van der Waals surface area contributed by atoms with Crippen molar-refractivity contribution >= 4 is 29.5 Å². The van der Waals surface area contributed by atoms with Crippen LogP contribution in [0.1, 0.15) is 88.7 Å². The maximum Gasteiger partial charge on any atom is 0.410 e. The standard InChI is InChI=1S/C38H52N4O8/c1-25(22-39-33(44)30-10-8-20-41(30)35(46)49-37(2,3)4)27-16-18-29(19-17-27)48-24-26-12-14-28(15-13-26)32(43)23-40-34(45)31-11-9-21-42(31)36(47)50-38(5,6)7/h12-19,30-31,34,40,45H,1,8-11,20-24H2,2-7H3,(H,39,44). The van der Waals surface area contributed by atoms with Crippen molar-refractivity contribution < 1.29 is 38.5 Å². The molecule has 2 aromatic carbocycles. The van der Waals surface area contributed by atoms with Crippen molar-refractivity contribution in [3.63, 3.8) is 0 Å². The fraction of sp³-hybridized carbons (Fsp3) is 0.526. The SMILES string of the molecule is C=C(CNC(=O)C1CCCN1C(=O)OC(C)(C)C)c1ccc(OCc2ccc(C(=O)CNC(O)C3CCCN3C(=O)OC(C)(C)C)cc2)cc1. The van der Waals surface area contributed by atoms with Gasteiger partial charge in [-0.3, -0.25) is 19.8 Å². The third kappa shape index (κ3) is 11.0. The highest BCUT2D eigenvalue weighted by Crippen LogP contribution is 2.24. The number of rotatable bonds is 12. The molecule has 0 spiro atoms. The van der Waals surface area contributed by atoms with Crippen LogP contribution in [0.15, 0.2) is 55.1 Å². The molecule has 0 aromatic heterocycles. The molecule has 2 aliphatic rings. The van der Waals surface area contributed by atoms with E-state index in [1.54, 1.807) is 53.7 Å². The number of nitrogens with zero attached hydrogens (tertiary/aromatic N) is 2. The molecule has 0 aliphatic carbocycles. The summed E-state index contributed by atoms with van der Waals surface area (Å²) < 4.78 is 16.9. The summed E-state index contributed by atoms with van der Waals surface area (Å²) >= 11 is 0. The molecule has 2 heterocycles. The number of ketones is 1. The minimum Gasteiger partial charge on any atom is -0.489 e. The van der Waals surface area contributed by atoms with Crippen LogP contribution in [0.25, 0.3) is 5.57 Å². The molecule has 3 amide bonds. The number of nitrogens with one attached hydrogen (secondary N) is 2. The maximum absolute atomic E-state index is 12.9. The minimum absolute atomic E-state index is 0.0812. The number of likely N-dealkylation sites (tertiary alicyclic amines) is 2. The monoisotopic (exact) mass is 692 g/mol. The summed E-state index contributed by atoms with van der Waals surface area (Å²) in [6.07, 6.45) is 0.682. The van der Waals surface area contributed by atoms with Gasteiger partial charge in [-0.25, -0.2) is 9.59 Å². The second-order valence-corrected chi connectivity index (χ2v) is 14.8. The highest BCUT2D eigenvalue weighted by Gasteiger charge is 2.37. The van der Waals surface area contributed by atoms with E-state index in [1.165, 1.54) is 9.80 Å². The van der Waals surface area contributed by atoms with Crippen LogP contribution in [0.2, 0.25) is 0 Å². The summed E-state index contributed by atoms with van der Waals surface area (Å²) in [4.78, 5) is 53.8. The average Bonchev–Trinajstić information content (AvgIpc) is 3.75. The van der Waals surface area contributed by atoms with Crippen LogP contribution in [0.4, 0.5) is 9.59 Å². The Kier molecular flexibility index (Phi) is 12.7. The van der Waals surface area contributed by atoms with Gasteiger partial charge in [0.1, 0.15) is 35.8 Å². The molecule has 3 N–H and O–H groups in total. The minimum atomic E-state index is -1.06. The van der Waals surface area contributed by atoms with Crippen molar-refractivity contribution in [1.82, 2.24) is 20.4 Å². The first kappa shape index (κ1) is 38.4. The molecule has 50 heavy (non-hydrogen) atoms. The van der Waals surface area contributed by atoms with E-state index in [0.717, 1.165) is 29.5 Å². The second kappa shape index (κ2) is 16.5. The van der Waals surface area contributed by atoms with Gasteiger partial charge >= 0.3 is 12.2 Å². The normalized spacial score (nSPS) is 18.4. The lowest BCUT2D eigenvalue weighted by atomic mass is 10.1. The number of ether oxygens (including phenoxy) is 3. The Morgan fingerprint density at radius 1 is 0.820 bits per heavy atom. The van der Waals surface area contributed by atoms with Gasteiger partial charge in [-0.05, 0) is 96.1 Å². The molecule has 12 heteroatoms. The second-order valence-electron chi connectivity index (χ2n) is 14.8. The molecule has 0 radical (unpaired) electrons. The van der Waals surface area contributed by atoms with Gasteiger partial charge in [0.25, 0.3) is 0 Å². The van der Waals surface area contributed by atoms with Gasteiger partial charge in [-0.1, -0.05) is 43.0 Å². The Morgan fingerprint density at radius 2 is 1.38 bits per heavy atom. The molecule has 2 aliphatic heterocycles. The van der Waals surface area contributed by atoms with Crippen molar-refractivity contribution in [2.24, 2.45) is 0 Å². The molecule has 0 saturated carbocycles. The first-order valence-corrected chi connectivity index (χ1v) is 17.2. The van der Waals surface area contributed by atoms with Crippen molar-refractivity contribution in [2.45, 2.75) is 103 Å². The van der Waals surface area contributed by atoms with Gasteiger partial charge < -0.3 is 29.5 Å². The summed E-state index contributed by atoms with van der Waals surface area (Å²) in [5.41, 5.74) is 1.66. The zero-order chi connectivity index (χ0) is 36.6. The summed E-state index contributed by atoms with van der Waals surface area (Å²) in [6, 6.07) is 13.4. The Balaban J connectivity index is 1.19. The van der Waals surface area contributed by atoms with E-state index in [2.05, 4.69) is 17.2 Å². The quantitative estimate of drug-likeness (QED) is 0.200. The van der Waals surface area contributed by atoms with Crippen LogP contribution < -0.4 is 15.4 Å². The van der Waals surface area contributed by atoms with E-state index in [0.29, 0.717) is 43.9 Å². The molecule has 4 rings (SSSR count). The number of carbonyl (C=O) groups excluding carboxylic acids is 4. The summed E-state index contributed by atoms with van der Waals surface area (Å²) in [7, 11) is 0. The molecule has 0 bridgehead atoms. The molecule has 2 fully saturated rings. The van der Waals surface area contributed by atoms with E-state index < -0.39 is 41.7 Å². The predicted molar refractivity (Wildman–Crippen MR) is 190 cm³/mol. The number of amides is 3. The van der Waals surface area contributed by atoms with E-state index in [4.69, 9.17) is 14.2 Å². The predicted octanol–water partition coefficient (Wildman–Crippen LogP) is 5.28. The van der Waals surface area contributed by atoms with Crippen LogP contribution in [-0.2, 0) is 20.9 Å². The Labute approximate surface area is 295 Å². The number of benzene rings is 2. The highest BCUT2D eigenvalue weighted by molar-refractivity contribution is 5.97. The van der Waals surface area contributed by atoms with Gasteiger partial charge in [0.2, 0.25) is 5.91 Å². The zero-order valence-corrected chi connectivity index (χ0v) is 30.1. The summed E-state index contributed by atoms with van der Waals surface area (Å²) in [5.74, 6) is 0.232. The molecule has 3 atom stereocenters. The van der Waals surface area contributed by atoms with E-state index >= 15 is 0 Å². The Bertz CT molecular complexity index is 1510. The maximum atomic E-state index is 12.9. The van der Waals surface area contributed by atoms with E-state index in [-0.39, 0.29) is 24.8 Å². The fourth-order valence-corrected chi connectivity index (χ4v) is 5.84. The highest BCUT2D eigenvalue weighted by atomic mass is 16.6. The van der Waals surface area contributed by atoms with Crippen molar-refractivity contribution in [3.05, 3.63) is 71.8 Å². The van der Waals surface area contributed by atoms with E-state index in [9.17, 15) is 24.3 Å². The van der Waals surface area contributed by atoms with Gasteiger partial charge in [0.15, 0.2) is 5.78 Å². The van der Waals surface area contributed by atoms with Crippen LogP contribution in [0, 0.1) is 0 Å². The van der Waals surface area contributed by atoms with Gasteiger partial charge in [0, 0.05) is 25.2 Å². The lowest BCUT2D eigenvalue weighted by Crippen LogP contribution is -2.51. The van der Waals surface area contributed by atoms with E-state index in [1.807, 2.05) is 36.4 Å². The lowest BCUT2D eigenvalue weighted by Gasteiger charge is -2.31. The molecule has 2 aromatic rings. The van der Waals surface area contributed by atoms with Crippen LogP contribution in [0.3, 0.4) is 0 Å². The lowest BCUT2D eigenvalue weighted by molar-refractivity contribution is -0.125. The van der Waals surface area contributed by atoms with Gasteiger partial charge in [-0.2, -0.15) is 0 Å². The smallest absolute Gasteiger partial charge is 0.410 e. The van der Waals surface area contributed by atoms with Crippen molar-refractivity contribution in [2.75, 3.05) is 26.2 Å². The first-order chi connectivity index (χ1) is 23.5. The largest absolute Gasteiger partial charge is 0.489 e. The number of hydrogen-bond acceptors (Lipinski definition) is 9. The first-order valence-electron chi connectivity index (χ1n) is 17.2. The third-order valence-corrected chi connectivity index (χ3v) is 8.37. The van der Waals surface area contributed by atoms with Gasteiger partial charge in [-0.15, -0.1) is 0 Å². The van der Waals surface area contributed by atoms with Crippen molar-refractivity contribution in [3.8, 4) is 5.75 Å². The van der Waals surface area contributed by atoms with Crippen molar-refractivity contribution in [1.29, 1.82) is 0 Å². The Morgan fingerprint density at radius 3 is 2.00 bits per heavy atom. The molecule has 12 nitrogen and oxygen atoms in total. The average molecular weight is 693 g/mol. The fourth-order valence-electron chi connectivity index (χ4n) is 5.84. The summed E-state index contributed by atoms with van der Waals surface area (Å²) in [6.45, 7) is 16.3. The number of aliphatic hydroxyl groups excluding tert-OH is 1. The van der Waals surface area contributed by atoms with Crippen LogP contribution in [-0.4, -0.2) is 94.5 Å². The number of aliphatic hydroxyl groups is 1. The van der Waals surface area contributed by atoms with Crippen LogP contribution in [0.5, 0.6) is 5.75 Å². The van der Waals surface area contributed by atoms with Gasteiger partial charge in [0.05, 0.1) is 12.6 Å². The number of carbonyl (C=O) groups is 4. The molecule has 272 valence electrons. The molecule has 3 unspecified atom stereocenters. The Hall–Kier alpha value is -4.42. The zero-order valence-electron chi connectivity index (χ0n) is 30.1. The number of Topliss-reactive ketones (excluding diaryl/α,β-unsaturated/α-hetero) is 1. The summed E-state index contributed by atoms with van der Waals surface area (Å²) in [5, 5.41) is 16.5. The van der Waals surface area contributed by atoms with Crippen LogP contribution >= 0.6 is 0 Å². The molecular weight excluding hydrogens is 640 g/mol.